The van der Waals surface area contributed by atoms with Crippen molar-refractivity contribution < 1.29 is 9.47 Å². The van der Waals surface area contributed by atoms with Crippen molar-refractivity contribution >= 4 is 0 Å². The molecule has 0 amide bonds. The Hall–Kier alpha value is -2.00. The maximum atomic E-state index is 5.81. The third kappa shape index (κ3) is 2.25. The second kappa shape index (κ2) is 5.55. The molecular weight excluding hydrogens is 250 g/mol. The van der Waals surface area contributed by atoms with E-state index in [0.717, 1.165) is 35.7 Å². The summed E-state index contributed by atoms with van der Waals surface area (Å²) in [7, 11) is 3.69. The van der Waals surface area contributed by atoms with Gasteiger partial charge in [0.05, 0.1) is 13.7 Å². The van der Waals surface area contributed by atoms with E-state index in [1.54, 1.807) is 7.11 Å². The molecule has 0 unspecified atom stereocenters. The predicted octanol–water partition coefficient (Wildman–Crippen LogP) is 3.41. The molecular formula is C17H19NO2. The van der Waals surface area contributed by atoms with Gasteiger partial charge in [-0.2, -0.15) is 0 Å². The lowest BCUT2D eigenvalue weighted by Crippen LogP contribution is -2.23. The normalized spacial score (nSPS) is 17.2. The molecule has 3 rings (SSSR count). The minimum Gasteiger partial charge on any atom is -0.496 e. The number of benzene rings is 2. The zero-order valence-electron chi connectivity index (χ0n) is 11.8. The molecule has 1 atom stereocenters. The van der Waals surface area contributed by atoms with E-state index in [0.29, 0.717) is 6.04 Å². The van der Waals surface area contributed by atoms with Gasteiger partial charge in [0, 0.05) is 23.6 Å². The van der Waals surface area contributed by atoms with Crippen molar-refractivity contribution in [1.82, 2.24) is 5.32 Å². The van der Waals surface area contributed by atoms with E-state index in [1.807, 2.05) is 25.2 Å². The molecule has 0 radical (unpaired) electrons. The first-order valence-electron chi connectivity index (χ1n) is 6.91. The Bertz CT molecular complexity index is 610. The number of nitrogens with one attached hydrogen (secondary N) is 1. The third-order valence-electron chi connectivity index (χ3n) is 3.82. The molecule has 0 saturated carbocycles. The summed E-state index contributed by atoms with van der Waals surface area (Å²) in [6.07, 6.45) is 1.01. The average Bonchev–Trinajstić information content (AvgIpc) is 2.53. The predicted molar refractivity (Wildman–Crippen MR) is 80.3 cm³/mol. The van der Waals surface area contributed by atoms with E-state index in [9.17, 15) is 0 Å². The van der Waals surface area contributed by atoms with Crippen LogP contribution in [0.5, 0.6) is 11.5 Å². The number of fused-ring (bicyclic) bond motifs is 1. The van der Waals surface area contributed by atoms with Crippen molar-refractivity contribution in [2.24, 2.45) is 0 Å². The van der Waals surface area contributed by atoms with Crippen LogP contribution < -0.4 is 14.8 Å². The van der Waals surface area contributed by atoms with Crippen LogP contribution in [0.15, 0.2) is 42.5 Å². The maximum Gasteiger partial charge on any atom is 0.126 e. The molecule has 3 heteroatoms. The summed E-state index contributed by atoms with van der Waals surface area (Å²) in [5.74, 6) is 1.85. The van der Waals surface area contributed by atoms with E-state index >= 15 is 0 Å². The van der Waals surface area contributed by atoms with Gasteiger partial charge < -0.3 is 14.8 Å². The lowest BCUT2D eigenvalue weighted by molar-refractivity contribution is 0.257. The quantitative estimate of drug-likeness (QED) is 0.926. The summed E-state index contributed by atoms with van der Waals surface area (Å²) in [6.45, 7) is 0.758. The van der Waals surface area contributed by atoms with Crippen molar-refractivity contribution in [3.8, 4) is 22.6 Å². The van der Waals surface area contributed by atoms with Gasteiger partial charge in [0.1, 0.15) is 11.5 Å². The van der Waals surface area contributed by atoms with Gasteiger partial charge in [-0.15, -0.1) is 0 Å². The van der Waals surface area contributed by atoms with Crippen LogP contribution in [0.1, 0.15) is 18.0 Å². The molecule has 1 N–H and O–H groups in total. The number of hydrogen-bond acceptors (Lipinski definition) is 3. The van der Waals surface area contributed by atoms with Crippen LogP contribution in [0.2, 0.25) is 0 Å². The first-order chi connectivity index (χ1) is 9.83. The van der Waals surface area contributed by atoms with Gasteiger partial charge in [-0.05, 0) is 24.7 Å². The van der Waals surface area contributed by atoms with Crippen LogP contribution in [-0.4, -0.2) is 20.8 Å². The molecule has 0 fully saturated rings. The van der Waals surface area contributed by atoms with Gasteiger partial charge in [-0.25, -0.2) is 0 Å². The van der Waals surface area contributed by atoms with Crippen molar-refractivity contribution in [2.45, 2.75) is 12.5 Å². The van der Waals surface area contributed by atoms with Crippen LogP contribution in [0.3, 0.4) is 0 Å². The Morgan fingerprint density at radius 1 is 1.20 bits per heavy atom. The SMILES string of the molecule is CN[C@@H]1CCOc2cc(-c3ccccc3OC)ccc21. The van der Waals surface area contributed by atoms with E-state index in [-0.39, 0.29) is 0 Å². The Morgan fingerprint density at radius 2 is 2.05 bits per heavy atom. The summed E-state index contributed by atoms with van der Waals surface area (Å²) in [5, 5.41) is 3.34. The Labute approximate surface area is 119 Å². The summed E-state index contributed by atoms with van der Waals surface area (Å²) in [4.78, 5) is 0. The molecule has 20 heavy (non-hydrogen) atoms. The molecule has 0 saturated heterocycles. The van der Waals surface area contributed by atoms with E-state index in [2.05, 4.69) is 29.6 Å². The highest BCUT2D eigenvalue weighted by atomic mass is 16.5. The number of methoxy groups -OCH3 is 1. The number of hydrogen-bond donors (Lipinski definition) is 1. The number of para-hydroxylation sites is 1. The number of rotatable bonds is 3. The molecule has 0 bridgehead atoms. The first-order valence-corrected chi connectivity index (χ1v) is 6.91. The van der Waals surface area contributed by atoms with Gasteiger partial charge in [-0.3, -0.25) is 0 Å². The minimum atomic E-state index is 0.380. The fraction of sp³-hybridized carbons (Fsp3) is 0.294. The summed E-state index contributed by atoms with van der Waals surface area (Å²) >= 11 is 0. The monoisotopic (exact) mass is 269 g/mol. The van der Waals surface area contributed by atoms with Crippen molar-refractivity contribution in [1.29, 1.82) is 0 Å². The summed E-state index contributed by atoms with van der Waals surface area (Å²) in [5.41, 5.74) is 3.45. The van der Waals surface area contributed by atoms with E-state index in [1.165, 1.54) is 5.56 Å². The highest BCUT2D eigenvalue weighted by molar-refractivity contribution is 5.72. The van der Waals surface area contributed by atoms with Crippen molar-refractivity contribution in [3.63, 3.8) is 0 Å². The van der Waals surface area contributed by atoms with Gasteiger partial charge >= 0.3 is 0 Å². The zero-order chi connectivity index (χ0) is 13.9. The molecule has 1 aliphatic heterocycles. The second-order valence-electron chi connectivity index (χ2n) is 4.93. The van der Waals surface area contributed by atoms with E-state index in [4.69, 9.17) is 9.47 Å². The molecule has 0 aliphatic carbocycles. The van der Waals surface area contributed by atoms with Gasteiger partial charge in [0.2, 0.25) is 0 Å². The Balaban J connectivity index is 2.04. The highest BCUT2D eigenvalue weighted by Crippen LogP contribution is 2.37. The lowest BCUT2D eigenvalue weighted by atomic mass is 9.96. The first kappa shape index (κ1) is 13.0. The molecule has 104 valence electrons. The van der Waals surface area contributed by atoms with Crippen LogP contribution in [-0.2, 0) is 0 Å². The second-order valence-corrected chi connectivity index (χ2v) is 4.93. The van der Waals surface area contributed by atoms with Gasteiger partial charge in [0.25, 0.3) is 0 Å². The topological polar surface area (TPSA) is 30.5 Å². The summed E-state index contributed by atoms with van der Waals surface area (Å²) in [6, 6.07) is 14.8. The fourth-order valence-corrected chi connectivity index (χ4v) is 2.74. The van der Waals surface area contributed by atoms with Gasteiger partial charge in [-0.1, -0.05) is 30.3 Å². The molecule has 1 aliphatic rings. The lowest BCUT2D eigenvalue weighted by Gasteiger charge is -2.26. The average molecular weight is 269 g/mol. The third-order valence-corrected chi connectivity index (χ3v) is 3.82. The smallest absolute Gasteiger partial charge is 0.126 e. The highest BCUT2D eigenvalue weighted by Gasteiger charge is 2.20. The van der Waals surface area contributed by atoms with Gasteiger partial charge in [0.15, 0.2) is 0 Å². The maximum absolute atomic E-state index is 5.81. The molecule has 0 spiro atoms. The molecule has 3 nitrogen and oxygen atoms in total. The van der Waals surface area contributed by atoms with Crippen molar-refractivity contribution in [3.05, 3.63) is 48.0 Å². The van der Waals surface area contributed by atoms with Crippen LogP contribution in [0, 0.1) is 0 Å². The van der Waals surface area contributed by atoms with Crippen LogP contribution in [0.25, 0.3) is 11.1 Å². The molecule has 0 aromatic heterocycles. The van der Waals surface area contributed by atoms with Crippen LogP contribution >= 0.6 is 0 Å². The zero-order valence-corrected chi connectivity index (χ0v) is 11.8. The number of ether oxygens (including phenoxy) is 2. The standard InChI is InChI=1S/C17H19NO2/c1-18-15-9-10-20-17-11-12(7-8-14(15)17)13-5-3-4-6-16(13)19-2/h3-8,11,15,18H,9-10H2,1-2H3/t15-/m1/s1. The minimum absolute atomic E-state index is 0.380. The van der Waals surface area contributed by atoms with Crippen LogP contribution in [0.4, 0.5) is 0 Å². The largest absolute Gasteiger partial charge is 0.496 e. The molecule has 2 aromatic carbocycles. The molecule has 2 aromatic rings. The van der Waals surface area contributed by atoms with Crippen molar-refractivity contribution in [2.75, 3.05) is 20.8 Å². The van der Waals surface area contributed by atoms with E-state index < -0.39 is 0 Å². The fourth-order valence-electron chi connectivity index (χ4n) is 2.74. The summed E-state index contributed by atoms with van der Waals surface area (Å²) < 4.78 is 11.2. The molecule has 1 heterocycles. The Morgan fingerprint density at radius 3 is 2.85 bits per heavy atom. The Kier molecular flexibility index (Phi) is 3.61.